The molecule has 0 bridgehead atoms. The van der Waals surface area contributed by atoms with E-state index in [0.717, 1.165) is 5.56 Å². The van der Waals surface area contributed by atoms with Crippen molar-refractivity contribution in [2.75, 3.05) is 19.0 Å². The van der Waals surface area contributed by atoms with E-state index in [4.69, 9.17) is 16.3 Å². The number of carbonyl (C=O) groups is 1. The van der Waals surface area contributed by atoms with Crippen LogP contribution in [0.4, 0.5) is 5.69 Å². The monoisotopic (exact) mass is 396 g/mol. The second-order valence-corrected chi connectivity index (χ2v) is 7.74. The summed E-state index contributed by atoms with van der Waals surface area (Å²) in [5.41, 5.74) is 1.38. The van der Waals surface area contributed by atoms with E-state index in [-0.39, 0.29) is 17.2 Å². The second-order valence-electron chi connectivity index (χ2n) is 5.54. The van der Waals surface area contributed by atoms with Gasteiger partial charge in [-0.05, 0) is 42.3 Å². The highest BCUT2D eigenvalue weighted by Crippen LogP contribution is 2.27. The fourth-order valence-electron chi connectivity index (χ4n) is 2.36. The minimum atomic E-state index is -3.47. The van der Waals surface area contributed by atoms with E-state index in [2.05, 4.69) is 10.0 Å². The highest BCUT2D eigenvalue weighted by Gasteiger charge is 2.12. The van der Waals surface area contributed by atoms with Gasteiger partial charge in [-0.15, -0.1) is 0 Å². The van der Waals surface area contributed by atoms with E-state index in [9.17, 15) is 13.2 Å². The molecule has 0 aromatic heterocycles. The Bertz CT molecular complexity index is 867. The van der Waals surface area contributed by atoms with Crippen molar-refractivity contribution in [1.82, 2.24) is 4.72 Å². The lowest BCUT2D eigenvalue weighted by Crippen LogP contribution is -2.23. The number of methoxy groups -OCH3 is 1. The van der Waals surface area contributed by atoms with Gasteiger partial charge in [-0.1, -0.05) is 30.7 Å². The highest BCUT2D eigenvalue weighted by molar-refractivity contribution is 7.89. The summed E-state index contributed by atoms with van der Waals surface area (Å²) in [6, 6.07) is 11.5. The fraction of sp³-hybridized carbons (Fsp3) is 0.278. The minimum absolute atomic E-state index is 0.185. The van der Waals surface area contributed by atoms with Crippen LogP contribution in [-0.2, 0) is 21.2 Å². The molecule has 0 unspecified atom stereocenters. The molecule has 1 amide bonds. The molecular formula is C18H21ClN2O4S. The standard InChI is InChI=1S/C18H21ClN2O4S/c1-3-20-26(23,24)15-8-4-13(5-9-15)6-11-18(22)21-16-12-14(19)7-10-17(16)25-2/h4-5,7-10,12,20H,3,6,11H2,1-2H3,(H,21,22). The van der Waals surface area contributed by atoms with Crippen molar-refractivity contribution in [2.45, 2.75) is 24.7 Å². The Morgan fingerprint density at radius 3 is 2.46 bits per heavy atom. The van der Waals surface area contributed by atoms with Crippen LogP contribution in [0.2, 0.25) is 5.02 Å². The summed E-state index contributed by atoms with van der Waals surface area (Å²) in [6.45, 7) is 2.05. The van der Waals surface area contributed by atoms with E-state index in [1.54, 1.807) is 37.3 Å². The van der Waals surface area contributed by atoms with Crippen molar-refractivity contribution >= 4 is 33.2 Å². The molecular weight excluding hydrogens is 376 g/mol. The van der Waals surface area contributed by atoms with Gasteiger partial charge in [0.15, 0.2) is 0 Å². The molecule has 140 valence electrons. The van der Waals surface area contributed by atoms with Crippen molar-refractivity contribution in [3.8, 4) is 5.75 Å². The number of aryl methyl sites for hydroxylation is 1. The van der Waals surface area contributed by atoms with Gasteiger partial charge in [-0.25, -0.2) is 13.1 Å². The molecule has 0 aliphatic heterocycles. The Labute approximate surface area is 158 Å². The van der Waals surface area contributed by atoms with E-state index >= 15 is 0 Å². The number of amides is 1. The van der Waals surface area contributed by atoms with E-state index in [1.165, 1.54) is 19.2 Å². The largest absolute Gasteiger partial charge is 0.495 e. The number of hydrogen-bond donors (Lipinski definition) is 2. The van der Waals surface area contributed by atoms with Gasteiger partial charge in [0.05, 0.1) is 17.7 Å². The Hall–Kier alpha value is -2.09. The molecule has 0 fully saturated rings. The normalized spacial score (nSPS) is 11.2. The molecule has 6 nitrogen and oxygen atoms in total. The molecule has 2 aromatic rings. The van der Waals surface area contributed by atoms with Gasteiger partial charge in [-0.3, -0.25) is 4.79 Å². The number of anilines is 1. The van der Waals surface area contributed by atoms with Crippen molar-refractivity contribution in [1.29, 1.82) is 0 Å². The molecule has 2 N–H and O–H groups in total. The lowest BCUT2D eigenvalue weighted by molar-refractivity contribution is -0.116. The highest BCUT2D eigenvalue weighted by atomic mass is 35.5. The van der Waals surface area contributed by atoms with Crippen LogP contribution >= 0.6 is 11.6 Å². The minimum Gasteiger partial charge on any atom is -0.495 e. The molecule has 0 atom stereocenters. The topological polar surface area (TPSA) is 84.5 Å². The Morgan fingerprint density at radius 1 is 1.15 bits per heavy atom. The first-order valence-electron chi connectivity index (χ1n) is 8.07. The van der Waals surface area contributed by atoms with Gasteiger partial charge in [0.1, 0.15) is 5.75 Å². The number of carbonyl (C=O) groups excluding carboxylic acids is 1. The number of halogens is 1. The number of ether oxygens (including phenoxy) is 1. The van der Waals surface area contributed by atoms with Crippen LogP contribution in [0.1, 0.15) is 18.9 Å². The molecule has 2 rings (SSSR count). The molecule has 2 aromatic carbocycles. The van der Waals surface area contributed by atoms with Crippen molar-refractivity contribution in [3.63, 3.8) is 0 Å². The lowest BCUT2D eigenvalue weighted by Gasteiger charge is -2.11. The summed E-state index contributed by atoms with van der Waals surface area (Å²) in [5, 5.41) is 3.27. The Kier molecular flexibility index (Phi) is 7.02. The Morgan fingerprint density at radius 2 is 1.85 bits per heavy atom. The lowest BCUT2D eigenvalue weighted by atomic mass is 10.1. The van der Waals surface area contributed by atoms with Crippen LogP contribution < -0.4 is 14.8 Å². The van der Waals surface area contributed by atoms with Gasteiger partial charge in [-0.2, -0.15) is 0 Å². The average Bonchev–Trinajstić information content (AvgIpc) is 2.60. The molecule has 8 heteroatoms. The van der Waals surface area contributed by atoms with Crippen molar-refractivity contribution < 1.29 is 17.9 Å². The first kappa shape index (κ1) is 20.2. The van der Waals surface area contributed by atoms with Gasteiger partial charge in [0, 0.05) is 18.0 Å². The number of sulfonamides is 1. The molecule has 0 radical (unpaired) electrons. The van der Waals surface area contributed by atoms with Gasteiger partial charge >= 0.3 is 0 Å². The third kappa shape index (κ3) is 5.45. The zero-order valence-corrected chi connectivity index (χ0v) is 16.2. The summed E-state index contributed by atoms with van der Waals surface area (Å²) in [7, 11) is -1.95. The summed E-state index contributed by atoms with van der Waals surface area (Å²) in [5.74, 6) is 0.343. The van der Waals surface area contributed by atoms with Crippen molar-refractivity contribution in [3.05, 3.63) is 53.1 Å². The number of hydrogen-bond acceptors (Lipinski definition) is 4. The van der Waals surface area contributed by atoms with Crippen LogP contribution in [0.25, 0.3) is 0 Å². The summed E-state index contributed by atoms with van der Waals surface area (Å²) < 4.78 is 31.4. The first-order valence-corrected chi connectivity index (χ1v) is 9.94. The molecule has 0 heterocycles. The van der Waals surface area contributed by atoms with Gasteiger partial charge in [0.25, 0.3) is 0 Å². The summed E-state index contributed by atoms with van der Waals surface area (Å²) in [4.78, 5) is 12.4. The number of benzene rings is 2. The molecule has 0 aliphatic carbocycles. The summed E-state index contributed by atoms with van der Waals surface area (Å²) >= 11 is 5.94. The zero-order chi connectivity index (χ0) is 19.2. The van der Waals surface area contributed by atoms with Crippen molar-refractivity contribution in [2.24, 2.45) is 0 Å². The SMILES string of the molecule is CCNS(=O)(=O)c1ccc(CCC(=O)Nc2cc(Cl)ccc2OC)cc1. The number of rotatable bonds is 8. The van der Waals surface area contributed by atoms with Gasteiger partial charge < -0.3 is 10.1 Å². The molecule has 26 heavy (non-hydrogen) atoms. The van der Waals surface area contributed by atoms with E-state index in [1.807, 2.05) is 0 Å². The third-order valence-electron chi connectivity index (χ3n) is 3.64. The smallest absolute Gasteiger partial charge is 0.240 e. The maximum Gasteiger partial charge on any atom is 0.240 e. The maximum atomic E-state index is 12.2. The average molecular weight is 397 g/mol. The fourth-order valence-corrected chi connectivity index (χ4v) is 3.57. The van der Waals surface area contributed by atoms with Crippen LogP contribution in [0.5, 0.6) is 5.75 Å². The van der Waals surface area contributed by atoms with Gasteiger partial charge in [0.2, 0.25) is 15.9 Å². The molecule has 0 saturated carbocycles. The van der Waals surface area contributed by atoms with E-state index < -0.39 is 10.0 Å². The maximum absolute atomic E-state index is 12.2. The van der Waals surface area contributed by atoms with Crippen LogP contribution in [-0.4, -0.2) is 28.0 Å². The first-order chi connectivity index (χ1) is 12.4. The second kappa shape index (κ2) is 9.02. The van der Waals surface area contributed by atoms with E-state index in [0.29, 0.717) is 29.4 Å². The zero-order valence-electron chi connectivity index (χ0n) is 14.6. The predicted molar refractivity (Wildman–Crippen MR) is 102 cm³/mol. The van der Waals surface area contributed by atoms with Crippen LogP contribution in [0, 0.1) is 0 Å². The quantitative estimate of drug-likeness (QED) is 0.717. The molecule has 0 spiro atoms. The predicted octanol–water partition coefficient (Wildman–Crippen LogP) is 3.22. The molecule has 0 aliphatic rings. The van der Waals surface area contributed by atoms with Crippen LogP contribution in [0.15, 0.2) is 47.4 Å². The third-order valence-corrected chi connectivity index (χ3v) is 5.44. The Balaban J connectivity index is 1.97. The summed E-state index contributed by atoms with van der Waals surface area (Å²) in [6.07, 6.45) is 0.727. The van der Waals surface area contributed by atoms with Crippen LogP contribution in [0.3, 0.4) is 0 Å². The number of nitrogens with one attached hydrogen (secondary N) is 2. The molecule has 0 saturated heterocycles.